The maximum atomic E-state index is 14.3. The minimum Gasteiger partial charge on any atom is -0.508 e. The zero-order valence-corrected chi connectivity index (χ0v) is 39.1. The molecule has 15 nitrogen and oxygen atoms in total. The first-order chi connectivity index (χ1) is 32.1. The Morgan fingerprint density at radius 1 is 0.672 bits per heavy atom. The average Bonchev–Trinajstić information content (AvgIpc) is 3.94. The molecule has 2 aromatic heterocycles. The summed E-state index contributed by atoms with van der Waals surface area (Å²) in [6.45, 7) is 14.6. The van der Waals surface area contributed by atoms with Crippen molar-refractivity contribution in [3.8, 4) is 67.8 Å². The second-order valence-corrected chi connectivity index (χ2v) is 18.6. The first-order valence-electron chi connectivity index (χ1n) is 23.0. The van der Waals surface area contributed by atoms with Crippen LogP contribution in [0.2, 0.25) is 0 Å². The van der Waals surface area contributed by atoms with E-state index in [2.05, 4.69) is 50.8 Å². The van der Waals surface area contributed by atoms with Crippen molar-refractivity contribution in [2.45, 2.75) is 97.8 Å². The SMILES string of the molecule is CCNC(=O)c1onc(-c2cc(C(C)C)c(O)cc2O)c1-c1ccc2c(c1)CCN(C(C)CC(CO)NC(=O)c1onc(-c3cc(C(C)C)c(O)cc3O)c1-c1ccc3c(c1)CCN(C)C3)C2. The van der Waals surface area contributed by atoms with Crippen LogP contribution in [0.15, 0.2) is 69.7 Å². The minimum atomic E-state index is -0.645. The van der Waals surface area contributed by atoms with Crippen molar-refractivity contribution in [2.75, 3.05) is 33.3 Å². The van der Waals surface area contributed by atoms with E-state index in [4.69, 9.17) is 9.05 Å². The Labute approximate surface area is 390 Å². The van der Waals surface area contributed by atoms with E-state index < -0.39 is 17.9 Å². The number of hydrogen-bond acceptors (Lipinski definition) is 13. The zero-order valence-electron chi connectivity index (χ0n) is 39.1. The number of rotatable bonds is 14. The number of nitrogens with zero attached hydrogens (tertiary/aromatic N) is 4. The number of aromatic nitrogens is 2. The molecule has 7 N–H and O–H groups in total. The lowest BCUT2D eigenvalue weighted by Crippen LogP contribution is -2.45. The summed E-state index contributed by atoms with van der Waals surface area (Å²) in [5.74, 6) is -1.62. The molecule has 67 heavy (non-hydrogen) atoms. The van der Waals surface area contributed by atoms with E-state index in [-0.39, 0.29) is 70.4 Å². The van der Waals surface area contributed by atoms with Gasteiger partial charge in [-0.3, -0.25) is 14.5 Å². The van der Waals surface area contributed by atoms with E-state index in [9.17, 15) is 35.1 Å². The normalized spacial score (nSPS) is 15.1. The highest BCUT2D eigenvalue weighted by atomic mass is 16.5. The van der Waals surface area contributed by atoms with Crippen molar-refractivity contribution < 1.29 is 44.2 Å². The number of nitrogens with one attached hydrogen (secondary N) is 2. The summed E-state index contributed by atoms with van der Waals surface area (Å²) in [6, 6.07) is 17.2. The van der Waals surface area contributed by atoms with Gasteiger partial charge in [0.1, 0.15) is 34.4 Å². The number of aromatic hydroxyl groups is 4. The Morgan fingerprint density at radius 3 is 1.69 bits per heavy atom. The lowest BCUT2D eigenvalue weighted by Gasteiger charge is -2.35. The molecule has 2 unspecified atom stereocenters. The zero-order chi connectivity index (χ0) is 47.8. The number of carbonyl (C=O) groups is 2. The third kappa shape index (κ3) is 9.36. The summed E-state index contributed by atoms with van der Waals surface area (Å²) in [4.78, 5) is 32.1. The highest BCUT2D eigenvalue weighted by Gasteiger charge is 2.32. The molecular formula is C52H60N6O9. The predicted octanol–water partition coefficient (Wildman–Crippen LogP) is 8.07. The van der Waals surface area contributed by atoms with Crippen LogP contribution in [0.5, 0.6) is 23.0 Å². The second kappa shape index (κ2) is 19.3. The largest absolute Gasteiger partial charge is 0.508 e. The molecule has 15 heteroatoms. The number of benzene rings is 4. The van der Waals surface area contributed by atoms with Gasteiger partial charge in [-0.05, 0) is 109 Å². The standard InChI is InChI=1S/C52H60N6O9/c1-8-53-51(64)49-45(47(55-66-49)39-20-37(27(2)3)41(60)22-43(39)62)32-10-12-35-25-58(16-14-31(35)19-32)29(6)17-36(26-59)54-52(65)50-46(33-9-11-34-24-57(7)15-13-30(34)18-33)48(56-67-50)40-21-38(28(4)5)42(61)23-44(40)63/h9-12,18-23,27-29,36,59-63H,8,13-17,24-26H2,1-7H3,(H,53,64)(H,54,65). The van der Waals surface area contributed by atoms with Gasteiger partial charge in [0, 0.05) is 62.0 Å². The van der Waals surface area contributed by atoms with E-state index in [1.54, 1.807) is 12.1 Å². The van der Waals surface area contributed by atoms with Gasteiger partial charge in [-0.15, -0.1) is 0 Å². The number of fused-ring (bicyclic) bond motifs is 2. The monoisotopic (exact) mass is 912 g/mol. The van der Waals surface area contributed by atoms with Crippen LogP contribution >= 0.6 is 0 Å². The number of phenols is 4. The summed E-state index contributed by atoms with van der Waals surface area (Å²) in [6.07, 6.45) is 1.92. The average molecular weight is 913 g/mol. The van der Waals surface area contributed by atoms with E-state index in [1.165, 1.54) is 17.7 Å². The Balaban J connectivity index is 1.04. The number of likely N-dealkylation sites (N-methyl/N-ethyl adjacent to an activating group) is 1. The second-order valence-electron chi connectivity index (χ2n) is 18.6. The summed E-state index contributed by atoms with van der Waals surface area (Å²) >= 11 is 0. The quantitative estimate of drug-likeness (QED) is 0.0551. The van der Waals surface area contributed by atoms with Crippen LogP contribution in [0.4, 0.5) is 0 Å². The Morgan fingerprint density at radius 2 is 1.18 bits per heavy atom. The molecule has 2 atom stereocenters. The number of hydrogen-bond donors (Lipinski definition) is 7. The first kappa shape index (κ1) is 46.8. The summed E-state index contributed by atoms with van der Waals surface area (Å²) in [7, 11) is 2.08. The van der Waals surface area contributed by atoms with Gasteiger partial charge in [0.15, 0.2) is 0 Å². The van der Waals surface area contributed by atoms with Gasteiger partial charge < -0.3 is 50.1 Å². The van der Waals surface area contributed by atoms with Crippen LogP contribution in [0.1, 0.15) is 114 Å². The van der Waals surface area contributed by atoms with E-state index >= 15 is 0 Å². The molecule has 6 aromatic rings. The van der Waals surface area contributed by atoms with Crippen LogP contribution in [0, 0.1) is 0 Å². The maximum absolute atomic E-state index is 14.3. The predicted molar refractivity (Wildman–Crippen MR) is 254 cm³/mol. The third-order valence-electron chi connectivity index (χ3n) is 13.2. The fourth-order valence-corrected chi connectivity index (χ4v) is 9.47. The molecule has 8 rings (SSSR count). The molecule has 2 aliphatic rings. The van der Waals surface area contributed by atoms with Gasteiger partial charge in [-0.25, -0.2) is 0 Å². The lowest BCUT2D eigenvalue weighted by atomic mass is 9.90. The van der Waals surface area contributed by atoms with Crippen LogP contribution in [0.3, 0.4) is 0 Å². The van der Waals surface area contributed by atoms with Gasteiger partial charge in [-0.1, -0.05) is 74.4 Å². The molecule has 4 aromatic carbocycles. The fraction of sp³-hybridized carbons (Fsp3) is 0.385. The Kier molecular flexibility index (Phi) is 13.5. The molecule has 0 aliphatic carbocycles. The molecule has 0 bridgehead atoms. The third-order valence-corrected chi connectivity index (χ3v) is 13.2. The molecule has 352 valence electrons. The minimum absolute atomic E-state index is 0.0154. The molecule has 2 amide bonds. The summed E-state index contributed by atoms with van der Waals surface area (Å²) in [5.41, 5.74) is 9.15. The van der Waals surface area contributed by atoms with Crippen molar-refractivity contribution in [1.82, 2.24) is 30.7 Å². The topological polar surface area (TPSA) is 218 Å². The van der Waals surface area contributed by atoms with Crippen molar-refractivity contribution in [3.63, 3.8) is 0 Å². The van der Waals surface area contributed by atoms with Crippen molar-refractivity contribution in [3.05, 3.63) is 106 Å². The van der Waals surface area contributed by atoms with Gasteiger partial charge in [0.2, 0.25) is 11.5 Å². The maximum Gasteiger partial charge on any atom is 0.290 e. The van der Waals surface area contributed by atoms with Crippen LogP contribution in [-0.4, -0.2) is 103 Å². The molecule has 0 fully saturated rings. The van der Waals surface area contributed by atoms with Crippen LogP contribution in [-0.2, 0) is 25.9 Å². The van der Waals surface area contributed by atoms with E-state index in [1.807, 2.05) is 65.0 Å². The molecular weight excluding hydrogens is 853 g/mol. The van der Waals surface area contributed by atoms with Gasteiger partial charge in [0.05, 0.1) is 23.8 Å². The highest BCUT2D eigenvalue weighted by Crippen LogP contribution is 2.45. The van der Waals surface area contributed by atoms with Crippen LogP contribution in [0.25, 0.3) is 44.8 Å². The number of aliphatic hydroxyl groups is 1. The van der Waals surface area contributed by atoms with Gasteiger partial charge in [-0.2, -0.15) is 0 Å². The van der Waals surface area contributed by atoms with Gasteiger partial charge in [0.25, 0.3) is 11.8 Å². The molecule has 0 radical (unpaired) electrons. The summed E-state index contributed by atoms with van der Waals surface area (Å²) < 4.78 is 11.5. The van der Waals surface area contributed by atoms with Crippen molar-refractivity contribution in [2.24, 2.45) is 0 Å². The van der Waals surface area contributed by atoms with Crippen molar-refractivity contribution in [1.29, 1.82) is 0 Å². The van der Waals surface area contributed by atoms with E-state index in [0.717, 1.165) is 36.2 Å². The number of aliphatic hydroxyl groups excluding tert-OH is 1. The lowest BCUT2D eigenvalue weighted by molar-refractivity contribution is 0.0852. The van der Waals surface area contributed by atoms with Gasteiger partial charge >= 0.3 is 0 Å². The highest BCUT2D eigenvalue weighted by molar-refractivity contribution is 6.03. The van der Waals surface area contributed by atoms with E-state index in [0.29, 0.717) is 77.0 Å². The summed E-state index contributed by atoms with van der Waals surface area (Å²) in [5, 5.41) is 68.5. The molecule has 0 saturated heterocycles. The Bertz CT molecular complexity index is 2830. The molecule has 2 aliphatic heterocycles. The van der Waals surface area contributed by atoms with Crippen LogP contribution < -0.4 is 10.6 Å². The molecule has 0 spiro atoms. The Hall–Kier alpha value is -6.68. The molecule has 0 saturated carbocycles. The molecule has 4 heterocycles. The smallest absolute Gasteiger partial charge is 0.290 e. The fourth-order valence-electron chi connectivity index (χ4n) is 9.47. The number of amides is 2. The number of phenolic OH excluding ortho intramolecular Hbond substituents is 4. The number of carbonyl (C=O) groups excluding carboxylic acids is 2. The van der Waals surface area contributed by atoms with Crippen molar-refractivity contribution >= 4 is 11.8 Å². The first-order valence-corrected chi connectivity index (χ1v) is 23.0.